The summed E-state index contributed by atoms with van der Waals surface area (Å²) in [6.45, 7) is 4.62. The normalized spacial score (nSPS) is 27.6. The van der Waals surface area contributed by atoms with Gasteiger partial charge in [0.2, 0.25) is 0 Å². The molecule has 0 aliphatic heterocycles. The highest BCUT2D eigenvalue weighted by atomic mass is 16.2. The first-order valence-electron chi connectivity index (χ1n) is 6.84. The van der Waals surface area contributed by atoms with Gasteiger partial charge in [0.05, 0.1) is 0 Å². The summed E-state index contributed by atoms with van der Waals surface area (Å²) in [5.41, 5.74) is 0.241. The highest BCUT2D eigenvalue weighted by Crippen LogP contribution is 2.30. The Labute approximate surface area is 111 Å². The molecule has 2 aromatic rings. The Hall–Kier alpha value is -1.85. The number of aromatic nitrogens is 4. The quantitative estimate of drug-likeness (QED) is 0.862. The van der Waals surface area contributed by atoms with E-state index in [0.717, 1.165) is 30.5 Å². The molecule has 3 atom stereocenters. The lowest BCUT2D eigenvalue weighted by Gasteiger charge is -2.32. The van der Waals surface area contributed by atoms with Crippen molar-refractivity contribution in [3.63, 3.8) is 0 Å². The molecule has 2 heterocycles. The van der Waals surface area contributed by atoms with Crippen LogP contribution in [0, 0.1) is 11.8 Å². The summed E-state index contributed by atoms with van der Waals surface area (Å²) in [4.78, 5) is 11.5. The number of H-pyrrole nitrogens is 1. The van der Waals surface area contributed by atoms with E-state index in [1.807, 2.05) is 6.07 Å². The number of aromatic amines is 1. The monoisotopic (exact) mass is 261 g/mol. The number of nitrogens with zero attached hydrogens (tertiary/aromatic N) is 3. The summed E-state index contributed by atoms with van der Waals surface area (Å²) in [7, 11) is 0. The number of fused-ring (bicyclic) bond motifs is 1. The van der Waals surface area contributed by atoms with Crippen LogP contribution >= 0.6 is 0 Å². The Bertz CT molecular complexity index is 631. The molecule has 6 nitrogen and oxygen atoms in total. The molecule has 1 aliphatic carbocycles. The smallest absolute Gasteiger partial charge is 0.364 e. The second-order valence-electron chi connectivity index (χ2n) is 5.63. The second kappa shape index (κ2) is 4.68. The zero-order valence-corrected chi connectivity index (χ0v) is 11.3. The molecule has 2 N–H and O–H groups in total. The Morgan fingerprint density at radius 1 is 1.32 bits per heavy atom. The van der Waals surface area contributed by atoms with Crippen molar-refractivity contribution in [1.82, 2.24) is 19.8 Å². The van der Waals surface area contributed by atoms with Crippen LogP contribution in [0.25, 0.3) is 5.65 Å². The molecule has 0 saturated heterocycles. The molecule has 0 spiro atoms. The van der Waals surface area contributed by atoms with Gasteiger partial charge in [-0.25, -0.2) is 9.89 Å². The molecule has 102 valence electrons. The van der Waals surface area contributed by atoms with Gasteiger partial charge in [0.25, 0.3) is 0 Å². The molecule has 1 aliphatic rings. The minimum Gasteiger partial charge on any atom is -0.366 e. The van der Waals surface area contributed by atoms with Crippen LogP contribution in [-0.2, 0) is 0 Å². The molecular weight excluding hydrogens is 242 g/mol. The van der Waals surface area contributed by atoms with E-state index in [0.29, 0.717) is 11.7 Å². The maximum Gasteiger partial charge on any atom is 0.364 e. The third kappa shape index (κ3) is 2.34. The van der Waals surface area contributed by atoms with Gasteiger partial charge < -0.3 is 5.32 Å². The van der Waals surface area contributed by atoms with Gasteiger partial charge in [0.15, 0.2) is 5.65 Å². The van der Waals surface area contributed by atoms with E-state index in [4.69, 9.17) is 0 Å². The Morgan fingerprint density at radius 3 is 2.95 bits per heavy atom. The van der Waals surface area contributed by atoms with Crippen molar-refractivity contribution >= 4 is 11.5 Å². The van der Waals surface area contributed by atoms with E-state index < -0.39 is 0 Å². The van der Waals surface area contributed by atoms with E-state index in [1.54, 1.807) is 6.07 Å². The van der Waals surface area contributed by atoms with Crippen molar-refractivity contribution in [2.24, 2.45) is 11.8 Å². The third-order valence-electron chi connectivity index (χ3n) is 4.22. The molecule has 1 saturated carbocycles. The zero-order valence-electron chi connectivity index (χ0n) is 11.3. The molecule has 0 radical (unpaired) electrons. The Morgan fingerprint density at radius 2 is 2.16 bits per heavy atom. The van der Waals surface area contributed by atoms with Gasteiger partial charge in [-0.15, -0.1) is 5.10 Å². The van der Waals surface area contributed by atoms with Crippen LogP contribution in [0.15, 0.2) is 16.9 Å². The highest BCUT2D eigenvalue weighted by Gasteiger charge is 2.24. The van der Waals surface area contributed by atoms with Crippen molar-refractivity contribution in [3.05, 3.63) is 22.6 Å². The maximum absolute atomic E-state index is 11.5. The van der Waals surface area contributed by atoms with Gasteiger partial charge in [-0.1, -0.05) is 13.8 Å². The van der Waals surface area contributed by atoms with E-state index in [9.17, 15) is 4.79 Å². The largest absolute Gasteiger partial charge is 0.366 e. The molecular formula is C13H19N5O. The molecule has 2 aromatic heterocycles. The lowest BCUT2D eigenvalue weighted by atomic mass is 9.79. The summed E-state index contributed by atoms with van der Waals surface area (Å²) in [6.07, 6.45) is 3.55. The number of rotatable bonds is 2. The minimum atomic E-state index is -0.302. The van der Waals surface area contributed by atoms with Crippen LogP contribution in [0.2, 0.25) is 0 Å². The molecule has 0 aromatic carbocycles. The topological polar surface area (TPSA) is 75.1 Å². The van der Waals surface area contributed by atoms with Crippen LogP contribution in [0.1, 0.15) is 33.1 Å². The fraction of sp³-hybridized carbons (Fsp3) is 0.615. The average molecular weight is 261 g/mol. The summed E-state index contributed by atoms with van der Waals surface area (Å²) >= 11 is 0. The Kier molecular flexibility index (Phi) is 3.00. The van der Waals surface area contributed by atoms with Crippen molar-refractivity contribution in [1.29, 1.82) is 0 Å². The summed E-state index contributed by atoms with van der Waals surface area (Å²) in [5, 5.41) is 14.0. The Balaban J connectivity index is 1.78. The molecule has 1 fully saturated rings. The van der Waals surface area contributed by atoms with Crippen LogP contribution in [-0.4, -0.2) is 25.9 Å². The molecule has 0 bridgehead atoms. The predicted molar refractivity (Wildman–Crippen MR) is 73.2 cm³/mol. The minimum absolute atomic E-state index is 0.302. The number of hydrogen-bond acceptors (Lipinski definition) is 4. The molecule has 6 heteroatoms. The average Bonchev–Trinajstić information content (AvgIpc) is 2.76. The zero-order chi connectivity index (χ0) is 13.4. The van der Waals surface area contributed by atoms with Crippen molar-refractivity contribution < 1.29 is 0 Å². The van der Waals surface area contributed by atoms with Gasteiger partial charge >= 0.3 is 5.69 Å². The first-order valence-corrected chi connectivity index (χ1v) is 6.84. The van der Waals surface area contributed by atoms with E-state index >= 15 is 0 Å². The van der Waals surface area contributed by atoms with Gasteiger partial charge in [-0.2, -0.15) is 9.61 Å². The predicted octanol–water partition coefficient (Wildman–Crippen LogP) is 1.65. The number of nitrogens with one attached hydrogen (secondary N) is 2. The summed E-state index contributed by atoms with van der Waals surface area (Å²) in [5.74, 6) is 2.26. The van der Waals surface area contributed by atoms with Gasteiger partial charge in [-0.3, -0.25) is 0 Å². The molecule has 0 amide bonds. The highest BCUT2D eigenvalue weighted by molar-refractivity contribution is 5.43. The second-order valence-corrected chi connectivity index (χ2v) is 5.63. The third-order valence-corrected chi connectivity index (χ3v) is 4.22. The van der Waals surface area contributed by atoms with Crippen LogP contribution in [0.5, 0.6) is 0 Å². The SMILES string of the molecule is CC1CCC(Nc2ccc3n[nH]c(=O)n3n2)CC1C. The lowest BCUT2D eigenvalue weighted by Crippen LogP contribution is -2.31. The fourth-order valence-electron chi connectivity index (χ4n) is 2.77. The molecule has 3 rings (SSSR count). The maximum atomic E-state index is 11.5. The van der Waals surface area contributed by atoms with Gasteiger partial charge in [-0.05, 0) is 43.2 Å². The van der Waals surface area contributed by atoms with Crippen molar-refractivity contribution in [3.8, 4) is 0 Å². The first-order chi connectivity index (χ1) is 9.13. The summed E-state index contributed by atoms with van der Waals surface area (Å²) < 4.78 is 1.29. The number of anilines is 1. The standard InChI is InChI=1S/C13H19N5O/c1-8-3-4-10(7-9(8)2)14-11-5-6-12-15-16-13(19)18(12)17-11/h5-6,8-10H,3-4,7H2,1-2H3,(H,14,17)(H,16,19). The first kappa shape index (κ1) is 12.2. The van der Waals surface area contributed by atoms with Crippen molar-refractivity contribution in [2.75, 3.05) is 5.32 Å². The van der Waals surface area contributed by atoms with Gasteiger partial charge in [0.1, 0.15) is 5.82 Å². The number of hydrogen-bond donors (Lipinski definition) is 2. The van der Waals surface area contributed by atoms with Crippen LogP contribution in [0.4, 0.5) is 5.82 Å². The van der Waals surface area contributed by atoms with Crippen LogP contribution < -0.4 is 11.0 Å². The van der Waals surface area contributed by atoms with E-state index in [2.05, 4.69) is 34.5 Å². The van der Waals surface area contributed by atoms with Gasteiger partial charge in [0, 0.05) is 6.04 Å². The van der Waals surface area contributed by atoms with E-state index in [1.165, 1.54) is 10.9 Å². The molecule has 19 heavy (non-hydrogen) atoms. The fourth-order valence-corrected chi connectivity index (χ4v) is 2.77. The van der Waals surface area contributed by atoms with Crippen molar-refractivity contribution in [2.45, 2.75) is 39.2 Å². The molecule has 3 unspecified atom stereocenters. The lowest BCUT2D eigenvalue weighted by molar-refractivity contribution is 0.260. The summed E-state index contributed by atoms with van der Waals surface area (Å²) in [6, 6.07) is 4.11. The van der Waals surface area contributed by atoms with Crippen LogP contribution in [0.3, 0.4) is 0 Å². The van der Waals surface area contributed by atoms with E-state index in [-0.39, 0.29) is 5.69 Å².